The maximum absolute atomic E-state index is 12.0. The maximum Gasteiger partial charge on any atom is 0.228 e. The van der Waals surface area contributed by atoms with E-state index in [0.717, 1.165) is 17.0 Å². The molecule has 0 saturated carbocycles. The molecule has 19 heavy (non-hydrogen) atoms. The molecule has 1 N–H and O–H groups in total. The third-order valence-corrected chi connectivity index (χ3v) is 3.44. The number of amides is 1. The number of carbonyl (C=O) groups is 1. The van der Waals surface area contributed by atoms with Gasteiger partial charge in [0.05, 0.1) is 12.7 Å². The molecular formula is C14H15N3O2. The maximum atomic E-state index is 12.0. The van der Waals surface area contributed by atoms with E-state index in [1.165, 1.54) is 0 Å². The van der Waals surface area contributed by atoms with E-state index in [2.05, 4.69) is 16.5 Å². The van der Waals surface area contributed by atoms with Gasteiger partial charge in [0.25, 0.3) is 0 Å². The fourth-order valence-corrected chi connectivity index (χ4v) is 2.38. The van der Waals surface area contributed by atoms with Crippen LogP contribution in [0.3, 0.4) is 0 Å². The van der Waals surface area contributed by atoms with Gasteiger partial charge < -0.3 is 14.7 Å². The summed E-state index contributed by atoms with van der Waals surface area (Å²) in [5.41, 5.74) is 2.11. The van der Waals surface area contributed by atoms with E-state index >= 15 is 0 Å². The highest BCUT2D eigenvalue weighted by molar-refractivity contribution is 5.96. The van der Waals surface area contributed by atoms with Gasteiger partial charge in [-0.2, -0.15) is 0 Å². The average Bonchev–Trinajstić information content (AvgIpc) is 2.95. The van der Waals surface area contributed by atoms with Gasteiger partial charge in [0.15, 0.2) is 0 Å². The number of fused-ring (bicyclic) bond motifs is 1. The van der Waals surface area contributed by atoms with Crippen molar-refractivity contribution in [2.45, 2.75) is 19.0 Å². The number of benzene rings is 1. The minimum absolute atomic E-state index is 0.0185. The zero-order chi connectivity index (χ0) is 13.2. The highest BCUT2D eigenvalue weighted by Crippen LogP contribution is 2.33. The first-order chi connectivity index (χ1) is 9.25. The monoisotopic (exact) mass is 257 g/mol. The van der Waals surface area contributed by atoms with Gasteiger partial charge in [-0.25, -0.2) is 0 Å². The lowest BCUT2D eigenvalue weighted by molar-refractivity contribution is -0.119. The summed E-state index contributed by atoms with van der Waals surface area (Å²) in [4.78, 5) is 13.7. The van der Waals surface area contributed by atoms with Gasteiger partial charge in [-0.1, -0.05) is 23.4 Å². The Morgan fingerprint density at radius 2 is 2.26 bits per heavy atom. The van der Waals surface area contributed by atoms with E-state index in [-0.39, 0.29) is 11.9 Å². The van der Waals surface area contributed by atoms with Crippen molar-refractivity contribution < 1.29 is 9.32 Å². The number of nitrogens with zero attached hydrogens (tertiary/aromatic N) is 2. The van der Waals surface area contributed by atoms with E-state index in [4.69, 9.17) is 4.52 Å². The van der Waals surface area contributed by atoms with Gasteiger partial charge in [-0.15, -0.1) is 0 Å². The minimum atomic E-state index is 0.0185. The first-order valence-corrected chi connectivity index (χ1v) is 6.24. The van der Waals surface area contributed by atoms with Crippen LogP contribution in [-0.2, 0) is 11.3 Å². The van der Waals surface area contributed by atoms with Crippen molar-refractivity contribution in [2.24, 2.45) is 0 Å². The largest absolute Gasteiger partial charge is 0.360 e. The minimum Gasteiger partial charge on any atom is -0.360 e. The van der Waals surface area contributed by atoms with Crippen LogP contribution in [0.2, 0.25) is 0 Å². The molecule has 98 valence electrons. The first kappa shape index (κ1) is 11.9. The molecule has 1 aromatic carbocycles. The van der Waals surface area contributed by atoms with Crippen molar-refractivity contribution >= 4 is 11.6 Å². The van der Waals surface area contributed by atoms with Gasteiger partial charge >= 0.3 is 0 Å². The lowest BCUT2D eigenvalue weighted by Gasteiger charge is -2.31. The number of nitrogens with one attached hydrogen (secondary N) is 1. The molecule has 0 fully saturated rings. The number of para-hydroxylation sites is 1. The number of aromatic nitrogens is 1. The molecule has 1 aromatic heterocycles. The number of hydrogen-bond acceptors (Lipinski definition) is 4. The second kappa shape index (κ2) is 4.85. The summed E-state index contributed by atoms with van der Waals surface area (Å²) < 4.78 is 5.05. The standard InChI is InChI=1S/C14H15N3O2/c1-17-13-5-3-2-4-11(13)12(8-14(17)18)15-9-10-6-7-16-19-10/h2-7,12,15H,8-9H2,1H3. The van der Waals surface area contributed by atoms with Crippen molar-refractivity contribution in [2.75, 3.05) is 11.9 Å². The average molecular weight is 257 g/mol. The second-order valence-electron chi connectivity index (χ2n) is 4.63. The zero-order valence-corrected chi connectivity index (χ0v) is 10.7. The van der Waals surface area contributed by atoms with Gasteiger partial charge in [0.1, 0.15) is 5.76 Å². The van der Waals surface area contributed by atoms with Crippen LogP contribution < -0.4 is 10.2 Å². The molecule has 3 rings (SSSR count). The van der Waals surface area contributed by atoms with Crippen molar-refractivity contribution in [3.05, 3.63) is 47.9 Å². The lowest BCUT2D eigenvalue weighted by atomic mass is 9.96. The smallest absolute Gasteiger partial charge is 0.228 e. The Hall–Kier alpha value is -2.14. The predicted octanol–water partition coefficient (Wildman–Crippen LogP) is 1.87. The third-order valence-electron chi connectivity index (χ3n) is 3.44. The number of carbonyl (C=O) groups excluding carboxylic acids is 1. The van der Waals surface area contributed by atoms with Crippen molar-refractivity contribution in [3.8, 4) is 0 Å². The molecule has 0 saturated heterocycles. The van der Waals surface area contributed by atoms with Crippen LogP contribution in [0.1, 0.15) is 23.8 Å². The quantitative estimate of drug-likeness (QED) is 0.912. The Kier molecular flexibility index (Phi) is 3.05. The van der Waals surface area contributed by atoms with Crippen LogP contribution >= 0.6 is 0 Å². The topological polar surface area (TPSA) is 58.4 Å². The van der Waals surface area contributed by atoms with Gasteiger partial charge in [-0.05, 0) is 11.6 Å². The Labute approximate surface area is 111 Å². The molecule has 0 radical (unpaired) electrons. The van der Waals surface area contributed by atoms with Crippen LogP contribution in [-0.4, -0.2) is 18.1 Å². The fraction of sp³-hybridized carbons (Fsp3) is 0.286. The summed E-state index contributed by atoms with van der Waals surface area (Å²) in [6.45, 7) is 0.565. The molecule has 1 atom stereocenters. The fourth-order valence-electron chi connectivity index (χ4n) is 2.38. The summed E-state index contributed by atoms with van der Waals surface area (Å²) >= 11 is 0. The molecular weight excluding hydrogens is 242 g/mol. The zero-order valence-electron chi connectivity index (χ0n) is 10.7. The lowest BCUT2D eigenvalue weighted by Crippen LogP contribution is -2.37. The Morgan fingerprint density at radius 3 is 3.05 bits per heavy atom. The molecule has 0 bridgehead atoms. The van der Waals surface area contributed by atoms with E-state index in [9.17, 15) is 4.79 Å². The summed E-state index contributed by atoms with van der Waals surface area (Å²) in [5, 5.41) is 7.02. The Morgan fingerprint density at radius 1 is 1.42 bits per heavy atom. The molecule has 1 aliphatic rings. The molecule has 2 aromatic rings. The first-order valence-electron chi connectivity index (χ1n) is 6.24. The van der Waals surface area contributed by atoms with Crippen molar-refractivity contribution in [1.82, 2.24) is 10.5 Å². The number of anilines is 1. The Bertz CT molecular complexity index is 580. The van der Waals surface area contributed by atoms with Gasteiger partial charge in [0.2, 0.25) is 5.91 Å². The molecule has 2 heterocycles. The molecule has 5 heteroatoms. The van der Waals surface area contributed by atoms with Gasteiger partial charge in [-0.3, -0.25) is 4.79 Å². The molecule has 0 spiro atoms. The van der Waals surface area contributed by atoms with E-state index in [1.807, 2.05) is 31.3 Å². The molecule has 0 aliphatic carbocycles. The number of hydrogen-bond donors (Lipinski definition) is 1. The normalized spacial score (nSPS) is 18.5. The van der Waals surface area contributed by atoms with E-state index in [0.29, 0.717) is 13.0 Å². The van der Waals surface area contributed by atoms with Crippen LogP contribution in [0.25, 0.3) is 0 Å². The molecule has 1 unspecified atom stereocenters. The van der Waals surface area contributed by atoms with Crippen LogP contribution in [0.15, 0.2) is 41.1 Å². The summed E-state index contributed by atoms with van der Waals surface area (Å²) in [7, 11) is 1.81. The van der Waals surface area contributed by atoms with E-state index < -0.39 is 0 Å². The van der Waals surface area contributed by atoms with Crippen molar-refractivity contribution in [3.63, 3.8) is 0 Å². The number of rotatable bonds is 3. The van der Waals surface area contributed by atoms with Crippen molar-refractivity contribution in [1.29, 1.82) is 0 Å². The second-order valence-corrected chi connectivity index (χ2v) is 4.63. The highest BCUT2D eigenvalue weighted by Gasteiger charge is 2.28. The summed E-state index contributed by atoms with van der Waals surface area (Å²) in [6, 6.07) is 9.79. The van der Waals surface area contributed by atoms with Crippen LogP contribution in [0, 0.1) is 0 Å². The molecule has 1 amide bonds. The molecule has 5 nitrogen and oxygen atoms in total. The van der Waals surface area contributed by atoms with Crippen LogP contribution in [0.5, 0.6) is 0 Å². The highest BCUT2D eigenvalue weighted by atomic mass is 16.5. The third kappa shape index (κ3) is 2.24. The van der Waals surface area contributed by atoms with E-state index in [1.54, 1.807) is 11.1 Å². The van der Waals surface area contributed by atoms with Crippen LogP contribution in [0.4, 0.5) is 5.69 Å². The Balaban J connectivity index is 1.82. The SMILES string of the molecule is CN1C(=O)CC(NCc2ccno2)c2ccccc21. The summed E-state index contributed by atoms with van der Waals surface area (Å²) in [6.07, 6.45) is 2.08. The van der Waals surface area contributed by atoms with Gasteiger partial charge in [0, 0.05) is 31.3 Å². The summed E-state index contributed by atoms with van der Waals surface area (Å²) in [5.74, 6) is 0.887. The molecule has 1 aliphatic heterocycles. The predicted molar refractivity (Wildman–Crippen MR) is 70.6 cm³/mol.